The molecule has 4 rings (SSSR count). The van der Waals surface area contributed by atoms with Crippen molar-refractivity contribution in [1.29, 1.82) is 0 Å². The van der Waals surface area contributed by atoms with E-state index in [1.807, 2.05) is 30.6 Å². The Balaban J connectivity index is 1.49. The number of rotatable bonds is 5. The number of carboxylic acid groups (broad SMARTS) is 1. The molecule has 1 atom stereocenters. The first-order valence-corrected chi connectivity index (χ1v) is 11.3. The molecule has 32 heavy (non-hydrogen) atoms. The van der Waals surface area contributed by atoms with Gasteiger partial charge in [0.1, 0.15) is 18.0 Å². The number of likely N-dealkylation sites (tertiary alicyclic amines) is 1. The summed E-state index contributed by atoms with van der Waals surface area (Å²) in [5, 5.41) is 9.52. The average Bonchev–Trinajstić information content (AvgIpc) is 3.34. The molecule has 0 bridgehead atoms. The Morgan fingerprint density at radius 1 is 1.22 bits per heavy atom. The van der Waals surface area contributed by atoms with Crippen molar-refractivity contribution in [3.8, 4) is 5.88 Å². The van der Waals surface area contributed by atoms with E-state index in [0.29, 0.717) is 38.1 Å². The summed E-state index contributed by atoms with van der Waals surface area (Å²) in [4.78, 5) is 38.8. The molecule has 1 aliphatic carbocycles. The van der Waals surface area contributed by atoms with Crippen molar-refractivity contribution in [1.82, 2.24) is 19.8 Å². The lowest BCUT2D eigenvalue weighted by Crippen LogP contribution is -2.58. The van der Waals surface area contributed by atoms with Gasteiger partial charge in [0.2, 0.25) is 11.7 Å². The second-order valence-corrected chi connectivity index (χ2v) is 10.1. The molecule has 1 aromatic rings. The summed E-state index contributed by atoms with van der Waals surface area (Å²) in [6.07, 6.45) is 3.65. The summed E-state index contributed by atoms with van der Waals surface area (Å²) in [6.45, 7) is 8.68. The lowest BCUT2D eigenvalue weighted by molar-refractivity contribution is 0.0106. The summed E-state index contributed by atoms with van der Waals surface area (Å²) >= 11 is 0. The number of carbonyl (C=O) groups is 2. The first-order valence-electron chi connectivity index (χ1n) is 11.3. The van der Waals surface area contributed by atoms with E-state index in [-0.39, 0.29) is 23.3 Å². The maximum absolute atomic E-state index is 12.7. The number of aromatic carboxylic acids is 1. The van der Waals surface area contributed by atoms with Gasteiger partial charge in [0.25, 0.3) is 0 Å². The van der Waals surface area contributed by atoms with E-state index in [4.69, 9.17) is 9.47 Å². The molecule has 3 aliphatic rings. The van der Waals surface area contributed by atoms with Crippen LogP contribution in [-0.2, 0) is 4.74 Å². The third kappa shape index (κ3) is 4.90. The third-order valence-electron chi connectivity index (χ3n) is 6.39. The highest BCUT2D eigenvalue weighted by atomic mass is 16.6. The molecule has 1 N–H and O–H groups in total. The number of hydrogen-bond donors (Lipinski definition) is 1. The number of carbonyl (C=O) groups excluding carboxylic acids is 1. The van der Waals surface area contributed by atoms with Gasteiger partial charge in [-0.1, -0.05) is 0 Å². The predicted molar refractivity (Wildman–Crippen MR) is 117 cm³/mol. The zero-order valence-electron chi connectivity index (χ0n) is 19.3. The quantitative estimate of drug-likeness (QED) is 0.727. The Labute approximate surface area is 188 Å². The number of likely N-dealkylation sites (N-methyl/N-ethyl adjacent to an activating group) is 1. The fraction of sp³-hybridized carbons (Fsp3) is 0.727. The molecule has 3 fully saturated rings. The van der Waals surface area contributed by atoms with E-state index in [1.165, 1.54) is 0 Å². The molecule has 0 radical (unpaired) electrons. The van der Waals surface area contributed by atoms with Gasteiger partial charge in [-0.2, -0.15) is 4.98 Å². The van der Waals surface area contributed by atoms with Crippen LogP contribution in [0.25, 0.3) is 0 Å². The van der Waals surface area contributed by atoms with Gasteiger partial charge in [-0.05, 0) is 60.0 Å². The van der Waals surface area contributed by atoms with Crippen LogP contribution in [-0.4, -0.2) is 94.0 Å². The summed E-state index contributed by atoms with van der Waals surface area (Å²) in [7, 11) is 2.06. The standard InChI is InChI=1S/C22H33N5O5/c1-21(2,3)32-20(30)27-11-10-26(14-22(27)7-8-22)16-12-17(24-18(23-16)19(28)29)31-13-15-6-5-9-25(15)4/h12,15H,5-11,13-14H2,1-4H3,(H,28,29)/t15-/m0/s1. The number of piperazine rings is 1. The third-order valence-corrected chi connectivity index (χ3v) is 6.39. The van der Waals surface area contributed by atoms with Crippen molar-refractivity contribution in [2.24, 2.45) is 0 Å². The minimum absolute atomic E-state index is 0.270. The highest BCUT2D eigenvalue weighted by molar-refractivity contribution is 5.83. The molecule has 1 amide bonds. The predicted octanol–water partition coefficient (Wildman–Crippen LogP) is 2.24. The molecule has 10 nitrogen and oxygen atoms in total. The SMILES string of the molecule is CN1CCC[C@H]1COc1cc(N2CCN(C(=O)OC(C)(C)C)C3(CC3)C2)nc(C(=O)O)n1. The fourth-order valence-electron chi connectivity index (χ4n) is 4.46. The van der Waals surface area contributed by atoms with E-state index in [0.717, 1.165) is 32.2 Å². The van der Waals surface area contributed by atoms with Crippen LogP contribution in [0.1, 0.15) is 57.1 Å². The molecule has 10 heteroatoms. The van der Waals surface area contributed by atoms with Crippen LogP contribution < -0.4 is 9.64 Å². The van der Waals surface area contributed by atoms with Gasteiger partial charge in [0, 0.05) is 31.7 Å². The lowest BCUT2D eigenvalue weighted by Gasteiger charge is -2.42. The molecule has 2 saturated heterocycles. The summed E-state index contributed by atoms with van der Waals surface area (Å²) in [5.41, 5.74) is -0.838. The largest absolute Gasteiger partial charge is 0.476 e. The van der Waals surface area contributed by atoms with Crippen molar-refractivity contribution < 1.29 is 24.2 Å². The normalized spacial score (nSPS) is 22.8. The second kappa shape index (κ2) is 8.38. The maximum Gasteiger partial charge on any atom is 0.410 e. The zero-order chi connectivity index (χ0) is 23.1. The van der Waals surface area contributed by atoms with Crippen molar-refractivity contribution in [2.75, 3.05) is 44.7 Å². The number of aromatic nitrogens is 2. The van der Waals surface area contributed by atoms with Crippen molar-refractivity contribution in [2.45, 2.75) is 63.6 Å². The van der Waals surface area contributed by atoms with E-state index < -0.39 is 11.6 Å². The fourth-order valence-corrected chi connectivity index (χ4v) is 4.46. The number of amides is 1. The molecule has 0 aromatic carbocycles. The molecule has 1 aromatic heterocycles. The van der Waals surface area contributed by atoms with Gasteiger partial charge in [-0.15, -0.1) is 0 Å². The Bertz CT molecular complexity index is 882. The van der Waals surface area contributed by atoms with Gasteiger partial charge in [0.15, 0.2) is 0 Å². The van der Waals surface area contributed by atoms with E-state index in [9.17, 15) is 14.7 Å². The van der Waals surface area contributed by atoms with Gasteiger partial charge >= 0.3 is 12.1 Å². The highest BCUT2D eigenvalue weighted by Crippen LogP contribution is 2.45. The Morgan fingerprint density at radius 3 is 2.56 bits per heavy atom. The smallest absolute Gasteiger partial charge is 0.410 e. The first-order chi connectivity index (χ1) is 15.1. The molecule has 3 heterocycles. The monoisotopic (exact) mass is 447 g/mol. The van der Waals surface area contributed by atoms with E-state index in [1.54, 1.807) is 6.07 Å². The average molecular weight is 448 g/mol. The van der Waals surface area contributed by atoms with Crippen LogP contribution in [0.3, 0.4) is 0 Å². The van der Waals surface area contributed by atoms with Crippen LogP contribution in [0, 0.1) is 0 Å². The summed E-state index contributed by atoms with van der Waals surface area (Å²) in [6, 6.07) is 2.01. The minimum Gasteiger partial charge on any atom is -0.476 e. The van der Waals surface area contributed by atoms with E-state index >= 15 is 0 Å². The van der Waals surface area contributed by atoms with Crippen LogP contribution >= 0.6 is 0 Å². The number of hydrogen-bond acceptors (Lipinski definition) is 8. The Morgan fingerprint density at radius 2 is 1.97 bits per heavy atom. The van der Waals surface area contributed by atoms with Gasteiger partial charge in [0.05, 0.1) is 5.54 Å². The molecule has 1 saturated carbocycles. The van der Waals surface area contributed by atoms with Crippen molar-refractivity contribution >= 4 is 17.9 Å². The van der Waals surface area contributed by atoms with Gasteiger partial charge in [-0.3, -0.25) is 4.90 Å². The minimum atomic E-state index is -1.19. The van der Waals surface area contributed by atoms with Crippen molar-refractivity contribution in [3.63, 3.8) is 0 Å². The molecule has 2 aliphatic heterocycles. The number of nitrogens with zero attached hydrogens (tertiary/aromatic N) is 5. The van der Waals surface area contributed by atoms with Crippen LogP contribution in [0.4, 0.5) is 10.6 Å². The Hall–Kier alpha value is -2.62. The Kier molecular flexibility index (Phi) is 5.91. The summed E-state index contributed by atoms with van der Waals surface area (Å²) in [5.74, 6) is -0.686. The zero-order valence-corrected chi connectivity index (χ0v) is 19.3. The number of anilines is 1. The van der Waals surface area contributed by atoms with Crippen LogP contribution in [0.15, 0.2) is 6.07 Å². The highest BCUT2D eigenvalue weighted by Gasteiger charge is 2.54. The molecule has 0 unspecified atom stereocenters. The van der Waals surface area contributed by atoms with Crippen LogP contribution in [0.2, 0.25) is 0 Å². The molecular weight excluding hydrogens is 414 g/mol. The molecule has 1 spiro atoms. The number of carboxylic acids is 1. The molecule has 176 valence electrons. The lowest BCUT2D eigenvalue weighted by atomic mass is 10.1. The molecular formula is C22H33N5O5. The topological polar surface area (TPSA) is 108 Å². The second-order valence-electron chi connectivity index (χ2n) is 10.1. The van der Waals surface area contributed by atoms with Crippen LogP contribution in [0.5, 0.6) is 5.88 Å². The van der Waals surface area contributed by atoms with Crippen molar-refractivity contribution in [3.05, 3.63) is 11.9 Å². The first kappa shape index (κ1) is 22.6. The van der Waals surface area contributed by atoms with Gasteiger partial charge in [-0.25, -0.2) is 14.6 Å². The number of ether oxygens (including phenoxy) is 2. The maximum atomic E-state index is 12.7. The summed E-state index contributed by atoms with van der Waals surface area (Å²) < 4.78 is 11.5. The van der Waals surface area contributed by atoms with Gasteiger partial charge < -0.3 is 24.4 Å². The van der Waals surface area contributed by atoms with E-state index in [2.05, 4.69) is 21.9 Å².